The Morgan fingerprint density at radius 3 is 2.37 bits per heavy atom. The Kier molecular flexibility index (Phi) is 7.87. The summed E-state index contributed by atoms with van der Waals surface area (Å²) in [4.78, 5) is 9.41. The van der Waals surface area contributed by atoms with E-state index in [1.165, 1.54) is 12.7 Å². The maximum absolute atomic E-state index is 9.41. The van der Waals surface area contributed by atoms with Crippen LogP contribution in [0, 0.1) is 0 Å². The maximum atomic E-state index is 9.41. The van der Waals surface area contributed by atoms with Gasteiger partial charge in [0, 0.05) is 27.8 Å². The smallest absolute Gasteiger partial charge is 0.194 e. The van der Waals surface area contributed by atoms with Crippen LogP contribution >= 0.6 is 8.38 Å². The van der Waals surface area contributed by atoms with Gasteiger partial charge in [0.1, 0.15) is 6.10 Å². The third-order valence-electron chi connectivity index (χ3n) is 2.81. The molecule has 0 aromatic heterocycles. The van der Waals surface area contributed by atoms with E-state index >= 15 is 0 Å². The third kappa shape index (κ3) is 5.81. The van der Waals surface area contributed by atoms with Gasteiger partial charge in [-0.05, 0) is 17.5 Å². The van der Waals surface area contributed by atoms with Crippen LogP contribution in [0.15, 0.2) is 42.2 Å². The molecule has 1 N–H and O–H groups in total. The lowest BCUT2D eigenvalue weighted by molar-refractivity contribution is -0.0106. The molecule has 2 unspecified atom stereocenters. The van der Waals surface area contributed by atoms with Crippen LogP contribution in [0.1, 0.15) is 5.56 Å². The first-order valence-electron chi connectivity index (χ1n) is 6.01. The van der Waals surface area contributed by atoms with Gasteiger partial charge in [0.15, 0.2) is 8.38 Å². The fraction of sp³-hybridized carbons (Fsp3) is 0.429. The van der Waals surface area contributed by atoms with Gasteiger partial charge >= 0.3 is 0 Å². The SMILES string of the molecule is COC(/C=C/P(O)OC)[C@H](Cc1ccccc1)OC. The summed E-state index contributed by atoms with van der Waals surface area (Å²) >= 11 is 0. The van der Waals surface area contributed by atoms with Crippen LogP contribution in [0.4, 0.5) is 0 Å². The summed E-state index contributed by atoms with van der Waals surface area (Å²) in [6.45, 7) is 0. The molecule has 0 heterocycles. The zero-order valence-corrected chi connectivity index (χ0v) is 12.4. The Hall–Kier alpha value is -0.770. The molecule has 0 bridgehead atoms. The Morgan fingerprint density at radius 1 is 1.16 bits per heavy atom. The molecule has 1 aromatic rings. The Morgan fingerprint density at radius 2 is 1.84 bits per heavy atom. The van der Waals surface area contributed by atoms with Crippen molar-refractivity contribution in [3.05, 3.63) is 47.8 Å². The molecule has 5 heteroatoms. The van der Waals surface area contributed by atoms with E-state index in [0.29, 0.717) is 0 Å². The van der Waals surface area contributed by atoms with Gasteiger partial charge in [-0.1, -0.05) is 30.3 Å². The summed E-state index contributed by atoms with van der Waals surface area (Å²) in [6.07, 6.45) is 2.20. The summed E-state index contributed by atoms with van der Waals surface area (Å²) in [6, 6.07) is 10.1. The van der Waals surface area contributed by atoms with Gasteiger partial charge in [0.25, 0.3) is 0 Å². The molecule has 1 rings (SSSR count). The van der Waals surface area contributed by atoms with Crippen molar-refractivity contribution < 1.29 is 18.9 Å². The second-order valence-corrected chi connectivity index (χ2v) is 5.26. The minimum atomic E-state index is -1.52. The lowest BCUT2D eigenvalue weighted by atomic mass is 10.0. The molecule has 19 heavy (non-hydrogen) atoms. The predicted octanol–water partition coefficient (Wildman–Crippen LogP) is 2.72. The largest absolute Gasteiger partial charge is 0.378 e. The van der Waals surface area contributed by atoms with Gasteiger partial charge in [-0.25, -0.2) is 0 Å². The summed E-state index contributed by atoms with van der Waals surface area (Å²) in [7, 11) is 3.23. The minimum Gasteiger partial charge on any atom is -0.378 e. The molecule has 0 saturated heterocycles. The summed E-state index contributed by atoms with van der Waals surface area (Å²) in [5.74, 6) is 1.61. The van der Waals surface area contributed by atoms with Crippen molar-refractivity contribution in [2.24, 2.45) is 0 Å². The van der Waals surface area contributed by atoms with Gasteiger partial charge in [-0.2, -0.15) is 0 Å². The highest BCUT2D eigenvalue weighted by Gasteiger charge is 2.19. The normalized spacial score (nSPS) is 16.4. The van der Waals surface area contributed by atoms with Crippen molar-refractivity contribution in [2.45, 2.75) is 18.6 Å². The van der Waals surface area contributed by atoms with Crippen LogP contribution in [-0.4, -0.2) is 38.4 Å². The Labute approximate surface area is 115 Å². The van der Waals surface area contributed by atoms with Crippen molar-refractivity contribution in [2.75, 3.05) is 21.3 Å². The highest BCUT2D eigenvalue weighted by atomic mass is 31.2. The van der Waals surface area contributed by atoms with E-state index in [1.54, 1.807) is 26.1 Å². The van der Waals surface area contributed by atoms with Gasteiger partial charge in [-0.3, -0.25) is 0 Å². The average Bonchev–Trinajstić information content (AvgIpc) is 2.47. The van der Waals surface area contributed by atoms with Gasteiger partial charge in [-0.15, -0.1) is 0 Å². The number of methoxy groups -OCH3 is 2. The molecule has 0 amide bonds. The lowest BCUT2D eigenvalue weighted by Gasteiger charge is -2.22. The van der Waals surface area contributed by atoms with Crippen molar-refractivity contribution >= 4 is 8.38 Å². The second-order valence-electron chi connectivity index (χ2n) is 3.99. The highest BCUT2D eigenvalue weighted by Crippen LogP contribution is 2.31. The second kappa shape index (κ2) is 9.18. The zero-order chi connectivity index (χ0) is 14.1. The van der Waals surface area contributed by atoms with Crippen LogP contribution in [0.25, 0.3) is 0 Å². The maximum Gasteiger partial charge on any atom is 0.194 e. The van der Waals surface area contributed by atoms with Crippen LogP contribution in [0.2, 0.25) is 0 Å². The summed E-state index contributed by atoms with van der Waals surface area (Å²) < 4.78 is 15.7. The van der Waals surface area contributed by atoms with Crippen LogP contribution in [0.5, 0.6) is 0 Å². The number of rotatable bonds is 8. The van der Waals surface area contributed by atoms with E-state index in [0.717, 1.165) is 6.42 Å². The average molecular weight is 284 g/mol. The van der Waals surface area contributed by atoms with Gasteiger partial charge in [0.05, 0.1) is 6.10 Å². The van der Waals surface area contributed by atoms with Crippen LogP contribution in [0.3, 0.4) is 0 Å². The third-order valence-corrected chi connectivity index (χ3v) is 3.61. The Balaban J connectivity index is 2.67. The van der Waals surface area contributed by atoms with Crippen LogP contribution in [-0.2, 0) is 20.4 Å². The lowest BCUT2D eigenvalue weighted by Crippen LogP contribution is -2.30. The Bertz CT molecular complexity index is 369. The standard InChI is InChI=1S/C14H21O4P/c1-16-13(9-10-19(15)18-3)14(17-2)11-12-7-5-4-6-8-12/h4-10,13-15H,11H2,1-3H3/b10-9+/t13?,14-,19?/m0/s1. The first kappa shape index (κ1) is 16.3. The molecule has 3 atom stereocenters. The predicted molar refractivity (Wildman–Crippen MR) is 77.0 cm³/mol. The van der Waals surface area contributed by atoms with Crippen molar-refractivity contribution in [1.29, 1.82) is 0 Å². The van der Waals surface area contributed by atoms with E-state index in [9.17, 15) is 4.89 Å². The molecule has 0 aliphatic rings. The molecule has 1 aromatic carbocycles. The molecule has 0 aliphatic heterocycles. The van der Waals surface area contributed by atoms with Crippen molar-refractivity contribution in [1.82, 2.24) is 0 Å². The topological polar surface area (TPSA) is 47.9 Å². The van der Waals surface area contributed by atoms with E-state index in [-0.39, 0.29) is 12.2 Å². The van der Waals surface area contributed by atoms with Crippen molar-refractivity contribution in [3.63, 3.8) is 0 Å². The van der Waals surface area contributed by atoms with E-state index in [1.807, 2.05) is 18.2 Å². The van der Waals surface area contributed by atoms with E-state index in [4.69, 9.17) is 14.0 Å². The summed E-state index contributed by atoms with van der Waals surface area (Å²) in [5, 5.41) is 0. The molecule has 4 nitrogen and oxygen atoms in total. The first-order chi connectivity index (χ1) is 9.21. The van der Waals surface area contributed by atoms with Crippen molar-refractivity contribution in [3.8, 4) is 0 Å². The van der Waals surface area contributed by atoms with Gasteiger partial charge in [0.2, 0.25) is 0 Å². The highest BCUT2D eigenvalue weighted by molar-refractivity contribution is 7.49. The molecule has 106 valence electrons. The molecule has 0 fully saturated rings. The molecule has 0 radical (unpaired) electrons. The fourth-order valence-electron chi connectivity index (χ4n) is 1.75. The number of hydrogen-bond acceptors (Lipinski definition) is 4. The van der Waals surface area contributed by atoms with E-state index < -0.39 is 8.38 Å². The molecular formula is C14H21O4P. The molecular weight excluding hydrogens is 263 g/mol. The number of benzene rings is 1. The first-order valence-corrected chi connectivity index (χ1v) is 7.29. The van der Waals surface area contributed by atoms with Crippen LogP contribution < -0.4 is 0 Å². The number of ether oxygens (including phenoxy) is 2. The summed E-state index contributed by atoms with van der Waals surface area (Å²) in [5.41, 5.74) is 1.18. The zero-order valence-electron chi connectivity index (χ0n) is 11.5. The monoisotopic (exact) mass is 284 g/mol. The number of hydrogen-bond donors (Lipinski definition) is 1. The molecule has 0 saturated carbocycles. The molecule has 0 aliphatic carbocycles. The quantitative estimate of drug-likeness (QED) is 0.746. The van der Waals surface area contributed by atoms with E-state index in [2.05, 4.69) is 12.1 Å². The van der Waals surface area contributed by atoms with Gasteiger partial charge < -0.3 is 18.9 Å². The molecule has 0 spiro atoms. The minimum absolute atomic E-state index is 0.107. The fourth-order valence-corrected chi connectivity index (χ4v) is 2.19.